The average molecular weight is 254 g/mol. The van der Waals surface area contributed by atoms with Crippen molar-refractivity contribution in [3.8, 4) is 0 Å². The van der Waals surface area contributed by atoms with Crippen LogP contribution in [0.1, 0.15) is 39.3 Å². The van der Waals surface area contributed by atoms with Crippen molar-refractivity contribution in [3.63, 3.8) is 0 Å². The van der Waals surface area contributed by atoms with E-state index in [4.69, 9.17) is 5.73 Å². The van der Waals surface area contributed by atoms with Gasteiger partial charge in [-0.3, -0.25) is 4.98 Å². The van der Waals surface area contributed by atoms with Crippen molar-refractivity contribution >= 4 is 10.9 Å². The minimum absolute atomic E-state index is 0.0814. The molecule has 1 unspecified atom stereocenters. The fraction of sp³-hybridized carbons (Fsp3) is 0.471. The van der Waals surface area contributed by atoms with E-state index in [0.717, 1.165) is 5.52 Å². The molecule has 1 fully saturated rings. The third-order valence-corrected chi connectivity index (χ3v) is 5.53. The molecule has 2 N–H and O–H groups in total. The fourth-order valence-electron chi connectivity index (χ4n) is 3.74. The van der Waals surface area contributed by atoms with Gasteiger partial charge in [0.05, 0.1) is 5.52 Å². The van der Waals surface area contributed by atoms with Crippen LogP contribution in [0.2, 0.25) is 0 Å². The molecule has 1 aliphatic carbocycles. The lowest BCUT2D eigenvalue weighted by molar-refractivity contribution is 0.457. The summed E-state index contributed by atoms with van der Waals surface area (Å²) in [6.07, 6.45) is 1.84. The highest BCUT2D eigenvalue weighted by Crippen LogP contribution is 2.71. The lowest BCUT2D eigenvalue weighted by Crippen LogP contribution is -2.17. The van der Waals surface area contributed by atoms with Crippen LogP contribution in [0.15, 0.2) is 36.5 Å². The summed E-state index contributed by atoms with van der Waals surface area (Å²) in [5.74, 6) is 0.519. The van der Waals surface area contributed by atoms with Gasteiger partial charge in [-0.25, -0.2) is 0 Å². The normalized spacial score (nSPS) is 22.4. The number of rotatable bonds is 2. The topological polar surface area (TPSA) is 38.9 Å². The Morgan fingerprint density at radius 3 is 2.37 bits per heavy atom. The lowest BCUT2D eigenvalue weighted by Gasteiger charge is -2.16. The number of nitrogens with two attached hydrogens (primary N) is 1. The molecule has 0 spiro atoms. The first kappa shape index (κ1) is 12.6. The summed E-state index contributed by atoms with van der Waals surface area (Å²) in [4.78, 5) is 4.42. The van der Waals surface area contributed by atoms with Crippen LogP contribution in [0.5, 0.6) is 0 Å². The van der Waals surface area contributed by atoms with Crippen LogP contribution in [0.3, 0.4) is 0 Å². The summed E-state index contributed by atoms with van der Waals surface area (Å²) in [5.41, 5.74) is 9.46. The highest BCUT2D eigenvalue weighted by atomic mass is 14.8. The summed E-state index contributed by atoms with van der Waals surface area (Å²) in [5, 5.41) is 1.19. The Labute approximate surface area is 115 Å². The first-order valence-corrected chi connectivity index (χ1v) is 6.96. The zero-order valence-electron chi connectivity index (χ0n) is 12.1. The molecule has 2 aromatic rings. The van der Waals surface area contributed by atoms with Crippen LogP contribution in [0.25, 0.3) is 10.9 Å². The number of benzene rings is 1. The summed E-state index contributed by atoms with van der Waals surface area (Å²) >= 11 is 0. The molecular weight excluding hydrogens is 232 g/mol. The molecule has 1 saturated carbocycles. The Hall–Kier alpha value is -1.41. The van der Waals surface area contributed by atoms with Crippen molar-refractivity contribution in [2.45, 2.75) is 33.7 Å². The van der Waals surface area contributed by atoms with Crippen LogP contribution < -0.4 is 5.73 Å². The Bertz CT molecular complexity index is 609. The van der Waals surface area contributed by atoms with Crippen molar-refractivity contribution in [2.24, 2.45) is 22.5 Å². The van der Waals surface area contributed by atoms with Crippen LogP contribution in [0.4, 0.5) is 0 Å². The summed E-state index contributed by atoms with van der Waals surface area (Å²) in [6, 6.07) is 10.5. The van der Waals surface area contributed by atoms with Gasteiger partial charge in [-0.2, -0.15) is 0 Å². The molecule has 0 aliphatic heterocycles. The molecule has 2 heteroatoms. The molecule has 1 aromatic heterocycles. The minimum Gasteiger partial charge on any atom is -0.324 e. The highest BCUT2D eigenvalue weighted by Gasteiger charge is 2.66. The molecule has 0 bridgehead atoms. The Morgan fingerprint density at radius 2 is 1.74 bits per heavy atom. The quantitative estimate of drug-likeness (QED) is 0.882. The standard InChI is InChI=1S/C17H22N2/c1-16(2)15(17(16,3)4)14(18)12-7-5-9-13-11(12)8-6-10-19-13/h5-10,14-15H,18H2,1-4H3. The van der Waals surface area contributed by atoms with Gasteiger partial charge in [0.25, 0.3) is 0 Å². The van der Waals surface area contributed by atoms with Crippen molar-refractivity contribution in [3.05, 3.63) is 42.1 Å². The zero-order valence-corrected chi connectivity index (χ0v) is 12.1. The molecule has 1 aromatic carbocycles. The van der Waals surface area contributed by atoms with Gasteiger partial charge in [0, 0.05) is 17.6 Å². The second-order valence-electron chi connectivity index (χ2n) is 6.86. The second kappa shape index (κ2) is 3.80. The van der Waals surface area contributed by atoms with Gasteiger partial charge < -0.3 is 5.73 Å². The van der Waals surface area contributed by atoms with Gasteiger partial charge >= 0.3 is 0 Å². The molecule has 0 radical (unpaired) electrons. The highest BCUT2D eigenvalue weighted by molar-refractivity contribution is 5.82. The van der Waals surface area contributed by atoms with E-state index in [1.54, 1.807) is 0 Å². The van der Waals surface area contributed by atoms with Crippen molar-refractivity contribution in [2.75, 3.05) is 0 Å². The molecule has 3 rings (SSSR count). The van der Waals surface area contributed by atoms with E-state index in [2.05, 4.69) is 56.9 Å². The largest absolute Gasteiger partial charge is 0.324 e. The van der Waals surface area contributed by atoms with E-state index >= 15 is 0 Å². The summed E-state index contributed by atoms with van der Waals surface area (Å²) < 4.78 is 0. The maximum absolute atomic E-state index is 6.59. The van der Waals surface area contributed by atoms with Gasteiger partial charge in [0.2, 0.25) is 0 Å². The third-order valence-electron chi connectivity index (χ3n) is 5.53. The van der Waals surface area contributed by atoms with Crippen LogP contribution >= 0.6 is 0 Å². The van der Waals surface area contributed by atoms with E-state index in [1.807, 2.05) is 12.3 Å². The van der Waals surface area contributed by atoms with Crippen molar-refractivity contribution in [1.29, 1.82) is 0 Å². The lowest BCUT2D eigenvalue weighted by atomic mass is 9.94. The number of nitrogens with zero attached hydrogens (tertiary/aromatic N) is 1. The van der Waals surface area contributed by atoms with E-state index in [9.17, 15) is 0 Å². The number of hydrogen-bond donors (Lipinski definition) is 1. The predicted molar refractivity (Wildman–Crippen MR) is 79.7 cm³/mol. The Balaban J connectivity index is 2.07. The van der Waals surface area contributed by atoms with Gasteiger partial charge in [-0.1, -0.05) is 45.9 Å². The van der Waals surface area contributed by atoms with Gasteiger partial charge in [-0.15, -0.1) is 0 Å². The summed E-state index contributed by atoms with van der Waals surface area (Å²) in [6.45, 7) is 9.28. The van der Waals surface area contributed by atoms with E-state index in [1.165, 1.54) is 10.9 Å². The average Bonchev–Trinajstić information content (AvgIpc) is 2.78. The van der Waals surface area contributed by atoms with Gasteiger partial charge in [0.15, 0.2) is 0 Å². The SMILES string of the molecule is CC1(C)C(C(N)c2cccc3ncccc23)C1(C)C. The molecule has 1 aliphatic rings. The fourth-order valence-corrected chi connectivity index (χ4v) is 3.74. The van der Waals surface area contributed by atoms with Crippen LogP contribution in [-0.4, -0.2) is 4.98 Å². The Morgan fingerprint density at radius 1 is 1.05 bits per heavy atom. The van der Waals surface area contributed by atoms with Crippen molar-refractivity contribution < 1.29 is 0 Å². The van der Waals surface area contributed by atoms with E-state index in [0.29, 0.717) is 16.7 Å². The van der Waals surface area contributed by atoms with E-state index < -0.39 is 0 Å². The molecule has 19 heavy (non-hydrogen) atoms. The number of aromatic nitrogens is 1. The molecule has 100 valence electrons. The molecular formula is C17H22N2. The maximum atomic E-state index is 6.59. The van der Waals surface area contributed by atoms with Crippen LogP contribution in [-0.2, 0) is 0 Å². The predicted octanol–water partition coefficient (Wildman–Crippen LogP) is 3.92. The third kappa shape index (κ3) is 1.63. The molecule has 2 nitrogen and oxygen atoms in total. The van der Waals surface area contributed by atoms with Gasteiger partial charge in [0.1, 0.15) is 0 Å². The first-order chi connectivity index (χ1) is 8.87. The molecule has 1 atom stereocenters. The van der Waals surface area contributed by atoms with Crippen molar-refractivity contribution in [1.82, 2.24) is 4.98 Å². The summed E-state index contributed by atoms with van der Waals surface area (Å²) in [7, 11) is 0. The Kier molecular flexibility index (Phi) is 2.52. The maximum Gasteiger partial charge on any atom is 0.0705 e. The monoisotopic (exact) mass is 254 g/mol. The van der Waals surface area contributed by atoms with E-state index in [-0.39, 0.29) is 6.04 Å². The van der Waals surface area contributed by atoms with Gasteiger partial charge in [-0.05, 0) is 34.4 Å². The molecule has 0 saturated heterocycles. The molecule has 1 heterocycles. The number of pyridine rings is 1. The smallest absolute Gasteiger partial charge is 0.0705 e. The second-order valence-corrected chi connectivity index (χ2v) is 6.86. The van der Waals surface area contributed by atoms with Crippen LogP contribution in [0, 0.1) is 16.7 Å². The number of fused-ring (bicyclic) bond motifs is 1. The number of hydrogen-bond acceptors (Lipinski definition) is 2. The first-order valence-electron chi connectivity index (χ1n) is 6.96. The minimum atomic E-state index is 0.0814. The zero-order chi connectivity index (χ0) is 13.8. The molecule has 0 amide bonds.